The first-order chi connectivity index (χ1) is 10.2. The van der Waals surface area contributed by atoms with E-state index < -0.39 is 6.10 Å². The van der Waals surface area contributed by atoms with Gasteiger partial charge in [0, 0.05) is 6.54 Å². The zero-order valence-corrected chi connectivity index (χ0v) is 12.5. The van der Waals surface area contributed by atoms with Crippen LogP contribution in [0.15, 0.2) is 48.5 Å². The molecule has 3 nitrogen and oxygen atoms in total. The molecule has 21 heavy (non-hydrogen) atoms. The molecule has 0 aliphatic rings. The second-order valence-electron chi connectivity index (χ2n) is 5.42. The van der Waals surface area contributed by atoms with Gasteiger partial charge in [-0.15, -0.1) is 0 Å². The van der Waals surface area contributed by atoms with Crippen LogP contribution in [-0.4, -0.2) is 14.7 Å². The highest BCUT2D eigenvalue weighted by atomic mass is 16.3. The fraction of sp³-hybridized carbons (Fsp3) is 0.278. The third kappa shape index (κ3) is 2.57. The number of imidazole rings is 1. The van der Waals surface area contributed by atoms with Gasteiger partial charge in [-0.3, -0.25) is 0 Å². The Morgan fingerprint density at radius 1 is 1.10 bits per heavy atom. The average molecular weight is 280 g/mol. The first-order valence-electron chi connectivity index (χ1n) is 7.40. The number of benzene rings is 2. The molecule has 1 heterocycles. The molecular weight excluding hydrogens is 260 g/mol. The highest BCUT2D eigenvalue weighted by molar-refractivity contribution is 5.76. The average Bonchev–Trinajstić information content (AvgIpc) is 2.87. The molecule has 0 saturated heterocycles. The molecule has 0 fully saturated rings. The Morgan fingerprint density at radius 2 is 1.81 bits per heavy atom. The molecule has 1 aromatic heterocycles. The van der Waals surface area contributed by atoms with Gasteiger partial charge in [0.2, 0.25) is 0 Å². The van der Waals surface area contributed by atoms with E-state index >= 15 is 0 Å². The van der Waals surface area contributed by atoms with Crippen LogP contribution in [0.3, 0.4) is 0 Å². The molecule has 0 bridgehead atoms. The molecule has 0 spiro atoms. The van der Waals surface area contributed by atoms with Gasteiger partial charge in [0.15, 0.2) is 0 Å². The van der Waals surface area contributed by atoms with Crippen LogP contribution in [0, 0.1) is 6.92 Å². The van der Waals surface area contributed by atoms with Crippen LogP contribution in [0.5, 0.6) is 0 Å². The largest absolute Gasteiger partial charge is 0.380 e. The van der Waals surface area contributed by atoms with Crippen molar-refractivity contribution in [2.45, 2.75) is 32.9 Å². The minimum atomic E-state index is -0.690. The van der Waals surface area contributed by atoms with E-state index in [1.807, 2.05) is 49.4 Å². The van der Waals surface area contributed by atoms with E-state index in [1.165, 1.54) is 5.56 Å². The molecule has 1 atom stereocenters. The fourth-order valence-electron chi connectivity index (χ4n) is 2.66. The van der Waals surface area contributed by atoms with Crippen LogP contribution in [-0.2, 0) is 6.54 Å². The normalized spacial score (nSPS) is 12.7. The Bertz CT molecular complexity index is 744. The van der Waals surface area contributed by atoms with Gasteiger partial charge in [0.25, 0.3) is 0 Å². The maximum atomic E-state index is 10.7. The van der Waals surface area contributed by atoms with Crippen molar-refractivity contribution in [3.8, 4) is 0 Å². The minimum Gasteiger partial charge on any atom is -0.380 e. The lowest BCUT2D eigenvalue weighted by Gasteiger charge is -2.14. The number of nitrogens with zero attached hydrogens (tertiary/aromatic N) is 2. The van der Waals surface area contributed by atoms with E-state index in [1.54, 1.807) is 0 Å². The lowest BCUT2D eigenvalue weighted by atomic mass is 10.1. The number of aromatic nitrogens is 2. The van der Waals surface area contributed by atoms with Crippen LogP contribution < -0.4 is 0 Å². The van der Waals surface area contributed by atoms with E-state index in [2.05, 4.69) is 22.5 Å². The second-order valence-corrected chi connectivity index (χ2v) is 5.42. The van der Waals surface area contributed by atoms with Crippen LogP contribution in [0.4, 0.5) is 0 Å². The summed E-state index contributed by atoms with van der Waals surface area (Å²) < 4.78 is 2.12. The number of para-hydroxylation sites is 2. The van der Waals surface area contributed by atoms with Gasteiger partial charge in [0.1, 0.15) is 11.9 Å². The zero-order chi connectivity index (χ0) is 14.8. The van der Waals surface area contributed by atoms with Crippen molar-refractivity contribution in [3.05, 3.63) is 65.5 Å². The van der Waals surface area contributed by atoms with Gasteiger partial charge in [-0.2, -0.15) is 0 Å². The number of aliphatic hydroxyl groups excluding tert-OH is 1. The van der Waals surface area contributed by atoms with E-state index in [0.29, 0.717) is 0 Å². The summed E-state index contributed by atoms with van der Waals surface area (Å²) in [7, 11) is 0. The first kappa shape index (κ1) is 13.8. The fourth-order valence-corrected chi connectivity index (χ4v) is 2.66. The first-order valence-corrected chi connectivity index (χ1v) is 7.40. The number of fused-ring (bicyclic) bond motifs is 1. The van der Waals surface area contributed by atoms with Crippen molar-refractivity contribution >= 4 is 11.0 Å². The summed E-state index contributed by atoms with van der Waals surface area (Å²) in [6, 6.07) is 16.0. The zero-order valence-electron chi connectivity index (χ0n) is 12.5. The second kappa shape index (κ2) is 5.70. The van der Waals surface area contributed by atoms with Gasteiger partial charge < -0.3 is 9.67 Å². The molecule has 2 aromatic carbocycles. The molecule has 0 amide bonds. The maximum Gasteiger partial charge on any atom is 0.143 e. The molecule has 3 aromatic rings. The molecular formula is C18H20N2O. The quantitative estimate of drug-likeness (QED) is 0.788. The lowest BCUT2D eigenvalue weighted by Crippen LogP contribution is -2.10. The van der Waals surface area contributed by atoms with Crippen molar-refractivity contribution in [2.24, 2.45) is 0 Å². The van der Waals surface area contributed by atoms with Crippen LogP contribution in [0.25, 0.3) is 11.0 Å². The molecule has 0 aliphatic heterocycles. The molecule has 3 heteroatoms. The summed E-state index contributed by atoms with van der Waals surface area (Å²) in [5.41, 5.74) is 4.09. The monoisotopic (exact) mass is 280 g/mol. The summed E-state index contributed by atoms with van der Waals surface area (Å²) in [6.45, 7) is 5.04. The van der Waals surface area contributed by atoms with Gasteiger partial charge in [-0.25, -0.2) is 4.98 Å². The van der Waals surface area contributed by atoms with Gasteiger partial charge in [0.05, 0.1) is 11.0 Å². The summed E-state index contributed by atoms with van der Waals surface area (Å²) in [6.07, 6.45) is 0.318. The number of rotatable bonds is 4. The smallest absolute Gasteiger partial charge is 0.143 e. The third-order valence-corrected chi connectivity index (χ3v) is 3.77. The van der Waals surface area contributed by atoms with E-state index in [0.717, 1.165) is 35.4 Å². The Morgan fingerprint density at radius 3 is 2.52 bits per heavy atom. The Labute approximate surface area is 124 Å². The Kier molecular flexibility index (Phi) is 3.76. The van der Waals surface area contributed by atoms with Gasteiger partial charge in [-0.05, 0) is 31.0 Å². The maximum absolute atomic E-state index is 10.7. The number of hydrogen-bond donors (Lipinski definition) is 1. The van der Waals surface area contributed by atoms with Crippen molar-refractivity contribution in [1.29, 1.82) is 0 Å². The van der Waals surface area contributed by atoms with Crippen LogP contribution in [0.1, 0.15) is 36.4 Å². The van der Waals surface area contributed by atoms with Crippen molar-refractivity contribution < 1.29 is 5.11 Å². The van der Waals surface area contributed by atoms with E-state index in [4.69, 9.17) is 0 Å². The molecule has 0 radical (unpaired) electrons. The molecule has 108 valence electrons. The summed E-state index contributed by atoms with van der Waals surface area (Å²) in [4.78, 5) is 4.64. The van der Waals surface area contributed by atoms with Crippen LogP contribution in [0.2, 0.25) is 0 Å². The number of aliphatic hydroxyl groups is 1. The molecule has 0 unspecified atom stereocenters. The van der Waals surface area contributed by atoms with Crippen molar-refractivity contribution in [2.75, 3.05) is 0 Å². The number of hydrogen-bond acceptors (Lipinski definition) is 2. The summed E-state index contributed by atoms with van der Waals surface area (Å²) >= 11 is 0. The standard InChI is InChI=1S/C18H20N2O/c1-3-12-20-16-7-5-4-6-15(16)19-18(20)17(21)14-10-8-13(2)9-11-14/h4-11,17,21H,3,12H2,1-2H3/t17-/m1/s1. The molecule has 3 rings (SSSR count). The molecule has 0 saturated carbocycles. The SMILES string of the molecule is CCCn1c([C@H](O)c2ccc(C)cc2)nc2ccccc21. The topological polar surface area (TPSA) is 38.0 Å². The summed E-state index contributed by atoms with van der Waals surface area (Å²) in [5.74, 6) is 0.724. The predicted molar refractivity (Wildman–Crippen MR) is 85.3 cm³/mol. The van der Waals surface area contributed by atoms with E-state index in [9.17, 15) is 5.11 Å². The van der Waals surface area contributed by atoms with Crippen molar-refractivity contribution in [3.63, 3.8) is 0 Å². The highest BCUT2D eigenvalue weighted by Crippen LogP contribution is 2.26. The van der Waals surface area contributed by atoms with Crippen molar-refractivity contribution in [1.82, 2.24) is 9.55 Å². The van der Waals surface area contributed by atoms with Gasteiger partial charge in [-0.1, -0.05) is 48.9 Å². The summed E-state index contributed by atoms with van der Waals surface area (Å²) in [5, 5.41) is 10.7. The van der Waals surface area contributed by atoms with E-state index in [-0.39, 0.29) is 0 Å². The third-order valence-electron chi connectivity index (χ3n) is 3.77. The molecule has 1 N–H and O–H groups in total. The minimum absolute atomic E-state index is 0.690. The Hall–Kier alpha value is -2.13. The van der Waals surface area contributed by atoms with Gasteiger partial charge >= 0.3 is 0 Å². The lowest BCUT2D eigenvalue weighted by molar-refractivity contribution is 0.205. The highest BCUT2D eigenvalue weighted by Gasteiger charge is 2.19. The molecule has 0 aliphatic carbocycles. The predicted octanol–water partition coefficient (Wildman–Crippen LogP) is 3.84. The Balaban J connectivity index is 2.10. The number of aryl methyl sites for hydroxylation is 2. The van der Waals surface area contributed by atoms with Crippen LogP contribution >= 0.6 is 0 Å².